The van der Waals surface area contributed by atoms with E-state index in [4.69, 9.17) is 0 Å². The normalized spacial score (nSPS) is 14.7. The smallest absolute Gasteiger partial charge is 0.240 e. The van der Waals surface area contributed by atoms with E-state index in [1.54, 1.807) is 0 Å². The number of nitrogens with one attached hydrogen (secondary N) is 1. The number of sulfonamides is 1. The van der Waals surface area contributed by atoms with Crippen molar-refractivity contribution in [2.24, 2.45) is 0 Å². The molecule has 0 atom stereocenters. The first-order valence-electron chi connectivity index (χ1n) is 8.26. The van der Waals surface area contributed by atoms with Gasteiger partial charge >= 0.3 is 0 Å². The van der Waals surface area contributed by atoms with E-state index in [1.165, 1.54) is 5.57 Å². The van der Waals surface area contributed by atoms with E-state index >= 15 is 0 Å². The van der Waals surface area contributed by atoms with Crippen LogP contribution in [0.15, 0.2) is 23.8 Å². The first kappa shape index (κ1) is 20.3. The number of rotatable bonds is 7. The minimum Gasteiger partial charge on any atom is -0.354 e. The predicted molar refractivity (Wildman–Crippen MR) is 92.7 cm³/mol. The summed E-state index contributed by atoms with van der Waals surface area (Å²) < 4.78 is 64.6. The van der Waals surface area contributed by atoms with Gasteiger partial charge in [0.15, 0.2) is 17.5 Å². The number of carbonyl (C=O) groups excluding carboxylic acids is 1. The summed E-state index contributed by atoms with van der Waals surface area (Å²) in [4.78, 5) is 12.1. The Kier molecular flexibility index (Phi) is 6.69. The Morgan fingerprint density at radius 3 is 2.54 bits per heavy atom. The molecular weight excluding hydrogens is 369 g/mol. The third-order valence-corrected chi connectivity index (χ3v) is 5.25. The number of nitrogens with zero attached hydrogens (tertiary/aromatic N) is 1. The Morgan fingerprint density at radius 2 is 1.92 bits per heavy atom. The Balaban J connectivity index is 2.05. The molecule has 144 valence electrons. The molecule has 1 aromatic carbocycles. The van der Waals surface area contributed by atoms with Crippen molar-refractivity contribution in [3.8, 4) is 0 Å². The second-order valence-corrected chi connectivity index (χ2v) is 8.08. The van der Waals surface area contributed by atoms with Gasteiger partial charge < -0.3 is 5.32 Å². The van der Waals surface area contributed by atoms with Crippen LogP contribution in [0.1, 0.15) is 32.1 Å². The van der Waals surface area contributed by atoms with E-state index in [2.05, 4.69) is 11.4 Å². The zero-order chi connectivity index (χ0) is 19.3. The van der Waals surface area contributed by atoms with Gasteiger partial charge in [-0.25, -0.2) is 21.6 Å². The quantitative estimate of drug-likeness (QED) is 0.575. The summed E-state index contributed by atoms with van der Waals surface area (Å²) in [6.45, 7) is -0.400. The summed E-state index contributed by atoms with van der Waals surface area (Å²) in [5, 5.41) is 2.57. The lowest BCUT2D eigenvalue weighted by Gasteiger charge is -2.22. The second-order valence-electron chi connectivity index (χ2n) is 6.17. The van der Waals surface area contributed by atoms with Crippen LogP contribution in [-0.4, -0.2) is 33.7 Å². The van der Waals surface area contributed by atoms with Crippen molar-refractivity contribution >= 4 is 21.6 Å². The van der Waals surface area contributed by atoms with E-state index in [1.807, 2.05) is 0 Å². The van der Waals surface area contributed by atoms with E-state index in [9.17, 15) is 26.4 Å². The van der Waals surface area contributed by atoms with Crippen molar-refractivity contribution < 1.29 is 26.4 Å². The van der Waals surface area contributed by atoms with Crippen LogP contribution in [0.5, 0.6) is 0 Å². The summed E-state index contributed by atoms with van der Waals surface area (Å²) in [5.41, 5.74) is 0.528. The standard InChI is InChI=1S/C17H21F3N2O3S/c1-26(24,25)22(14-8-7-13(18)16(19)17(14)20)11-15(23)21-10-9-12-5-3-2-4-6-12/h5,7-8H,2-4,6,9-11H2,1H3,(H,21,23). The summed E-state index contributed by atoms with van der Waals surface area (Å²) in [6, 6.07) is 1.40. The van der Waals surface area contributed by atoms with E-state index in [-0.39, 0.29) is 0 Å². The first-order chi connectivity index (χ1) is 12.2. The average Bonchev–Trinajstić information content (AvgIpc) is 2.58. The number of carbonyl (C=O) groups is 1. The number of allylic oxidation sites excluding steroid dienone is 1. The highest BCUT2D eigenvalue weighted by Crippen LogP contribution is 2.25. The van der Waals surface area contributed by atoms with Gasteiger partial charge in [-0.2, -0.15) is 0 Å². The van der Waals surface area contributed by atoms with Crippen molar-refractivity contribution in [1.82, 2.24) is 5.32 Å². The molecule has 0 saturated heterocycles. The minimum atomic E-state index is -4.08. The Hall–Kier alpha value is -2.03. The van der Waals surface area contributed by atoms with Gasteiger partial charge in [-0.3, -0.25) is 9.10 Å². The molecule has 1 N–H and O–H groups in total. The van der Waals surface area contributed by atoms with E-state index in [0.717, 1.165) is 38.0 Å². The third kappa shape index (κ3) is 5.23. The van der Waals surface area contributed by atoms with Gasteiger partial charge in [0.2, 0.25) is 15.9 Å². The fourth-order valence-electron chi connectivity index (χ4n) is 2.77. The molecule has 1 aromatic rings. The molecule has 0 bridgehead atoms. The lowest BCUT2D eigenvalue weighted by molar-refractivity contribution is -0.119. The number of halogens is 3. The molecule has 5 nitrogen and oxygen atoms in total. The number of amides is 1. The molecule has 0 saturated carbocycles. The van der Waals surface area contributed by atoms with Crippen molar-refractivity contribution in [1.29, 1.82) is 0 Å². The van der Waals surface area contributed by atoms with Crippen molar-refractivity contribution in [3.63, 3.8) is 0 Å². The van der Waals surface area contributed by atoms with Crippen molar-refractivity contribution in [2.45, 2.75) is 32.1 Å². The Labute approximate surface area is 150 Å². The second kappa shape index (κ2) is 8.57. The molecule has 0 fully saturated rings. The van der Waals surface area contributed by atoms with Crippen LogP contribution in [0.3, 0.4) is 0 Å². The molecule has 1 aliphatic rings. The van der Waals surface area contributed by atoms with Gasteiger partial charge in [0, 0.05) is 6.54 Å². The van der Waals surface area contributed by atoms with Gasteiger partial charge in [0.05, 0.1) is 11.9 Å². The highest BCUT2D eigenvalue weighted by atomic mass is 32.2. The van der Waals surface area contributed by atoms with Gasteiger partial charge in [-0.15, -0.1) is 0 Å². The Morgan fingerprint density at radius 1 is 1.19 bits per heavy atom. The molecule has 0 aromatic heterocycles. The maximum atomic E-state index is 13.9. The van der Waals surface area contributed by atoms with E-state index in [0.29, 0.717) is 23.3 Å². The first-order valence-corrected chi connectivity index (χ1v) is 10.1. The van der Waals surface area contributed by atoms with Gasteiger partial charge in [0.1, 0.15) is 6.54 Å². The molecule has 0 radical (unpaired) electrons. The van der Waals surface area contributed by atoms with Crippen LogP contribution in [0, 0.1) is 17.5 Å². The zero-order valence-corrected chi connectivity index (χ0v) is 15.2. The summed E-state index contributed by atoms with van der Waals surface area (Å²) in [5.74, 6) is -5.54. The van der Waals surface area contributed by atoms with Crippen LogP contribution >= 0.6 is 0 Å². The zero-order valence-electron chi connectivity index (χ0n) is 14.4. The molecular formula is C17H21F3N2O3S. The fourth-order valence-corrected chi connectivity index (χ4v) is 3.62. The predicted octanol–water partition coefficient (Wildman–Crippen LogP) is 2.88. The summed E-state index contributed by atoms with van der Waals surface area (Å²) in [6.07, 6.45) is 7.80. The SMILES string of the molecule is CS(=O)(=O)N(CC(=O)NCCC1=CCCCC1)c1ccc(F)c(F)c1F. The molecule has 2 rings (SSSR count). The molecule has 9 heteroatoms. The maximum absolute atomic E-state index is 13.9. The van der Waals surface area contributed by atoms with Crippen LogP contribution in [0.25, 0.3) is 0 Å². The lowest BCUT2D eigenvalue weighted by Crippen LogP contribution is -2.41. The maximum Gasteiger partial charge on any atom is 0.240 e. The van der Waals surface area contributed by atoms with Crippen LogP contribution in [0.2, 0.25) is 0 Å². The monoisotopic (exact) mass is 390 g/mol. The molecule has 0 aliphatic heterocycles. The number of anilines is 1. The highest BCUT2D eigenvalue weighted by molar-refractivity contribution is 7.92. The third-order valence-electron chi connectivity index (χ3n) is 4.12. The lowest BCUT2D eigenvalue weighted by atomic mass is 9.97. The van der Waals surface area contributed by atoms with Crippen molar-refractivity contribution in [3.05, 3.63) is 41.2 Å². The molecule has 1 aliphatic carbocycles. The molecule has 26 heavy (non-hydrogen) atoms. The van der Waals surface area contributed by atoms with E-state index < -0.39 is 45.6 Å². The molecule has 0 unspecified atom stereocenters. The molecule has 1 amide bonds. The molecule has 0 spiro atoms. The van der Waals surface area contributed by atoms with Gasteiger partial charge in [0.25, 0.3) is 0 Å². The largest absolute Gasteiger partial charge is 0.354 e. The topological polar surface area (TPSA) is 66.5 Å². The van der Waals surface area contributed by atoms with Crippen molar-refractivity contribution in [2.75, 3.05) is 23.7 Å². The number of hydrogen-bond acceptors (Lipinski definition) is 3. The number of hydrogen-bond donors (Lipinski definition) is 1. The fraction of sp³-hybridized carbons (Fsp3) is 0.471. The molecule has 0 heterocycles. The van der Waals surface area contributed by atoms with Crippen LogP contribution in [-0.2, 0) is 14.8 Å². The number of benzene rings is 1. The van der Waals surface area contributed by atoms with Crippen LogP contribution < -0.4 is 9.62 Å². The van der Waals surface area contributed by atoms with Gasteiger partial charge in [-0.05, 0) is 44.2 Å². The Bertz CT molecular complexity index is 810. The van der Waals surface area contributed by atoms with Gasteiger partial charge in [-0.1, -0.05) is 11.6 Å². The summed E-state index contributed by atoms with van der Waals surface area (Å²) in [7, 11) is -4.08. The minimum absolute atomic E-state index is 0.322. The summed E-state index contributed by atoms with van der Waals surface area (Å²) >= 11 is 0. The van der Waals surface area contributed by atoms with Crippen LogP contribution in [0.4, 0.5) is 18.9 Å². The average molecular weight is 390 g/mol. The highest BCUT2D eigenvalue weighted by Gasteiger charge is 2.26.